The quantitative estimate of drug-likeness (QED) is 0.245. The van der Waals surface area contributed by atoms with Crippen LogP contribution in [0, 0.1) is 0 Å². The second kappa shape index (κ2) is 11.3. The largest absolute Gasteiger partial charge is 0.469 e. The summed E-state index contributed by atoms with van der Waals surface area (Å²) in [7, 11) is 0. The monoisotopic (exact) mass is 508 g/mol. The molecular formula is C22H29IN4O2. The van der Waals surface area contributed by atoms with Crippen molar-refractivity contribution in [1.29, 1.82) is 0 Å². The first-order valence-corrected chi connectivity index (χ1v) is 10.1. The maximum absolute atomic E-state index is 5.70. The third kappa shape index (κ3) is 6.24. The minimum atomic E-state index is 0. The number of nitrogens with zero attached hydrogens (tertiary/aromatic N) is 1. The molecule has 0 bridgehead atoms. The lowest BCUT2D eigenvalue weighted by molar-refractivity contribution is 0.117. The Kier molecular flexibility index (Phi) is 8.42. The summed E-state index contributed by atoms with van der Waals surface area (Å²) in [6, 6.07) is 12.3. The predicted molar refractivity (Wildman–Crippen MR) is 127 cm³/mol. The number of aromatic amines is 1. The summed E-state index contributed by atoms with van der Waals surface area (Å²) < 4.78 is 11.1. The van der Waals surface area contributed by atoms with Gasteiger partial charge in [-0.25, -0.2) is 0 Å². The molecule has 0 saturated carbocycles. The van der Waals surface area contributed by atoms with E-state index in [4.69, 9.17) is 14.1 Å². The van der Waals surface area contributed by atoms with E-state index < -0.39 is 0 Å². The molecule has 3 N–H and O–H groups in total. The van der Waals surface area contributed by atoms with Crippen LogP contribution in [0.3, 0.4) is 0 Å². The number of fused-ring (bicyclic) bond motifs is 1. The lowest BCUT2D eigenvalue weighted by Gasteiger charge is -2.13. The zero-order valence-electron chi connectivity index (χ0n) is 16.5. The highest BCUT2D eigenvalue weighted by Gasteiger charge is 2.15. The van der Waals surface area contributed by atoms with Gasteiger partial charge in [-0.15, -0.1) is 24.0 Å². The molecule has 29 heavy (non-hydrogen) atoms. The summed E-state index contributed by atoms with van der Waals surface area (Å²) in [5.41, 5.74) is 2.50. The van der Waals surface area contributed by atoms with Crippen molar-refractivity contribution >= 4 is 40.8 Å². The van der Waals surface area contributed by atoms with Crippen LogP contribution >= 0.6 is 24.0 Å². The molecule has 1 saturated heterocycles. The minimum absolute atomic E-state index is 0. The van der Waals surface area contributed by atoms with Crippen LogP contribution in [0.15, 0.2) is 58.3 Å². The molecule has 156 valence electrons. The van der Waals surface area contributed by atoms with Crippen molar-refractivity contribution in [3.63, 3.8) is 0 Å². The van der Waals surface area contributed by atoms with Crippen LogP contribution in [0.2, 0.25) is 0 Å². The van der Waals surface area contributed by atoms with Crippen molar-refractivity contribution < 1.29 is 9.15 Å². The van der Waals surface area contributed by atoms with Gasteiger partial charge in [-0.2, -0.15) is 0 Å². The number of furan rings is 1. The van der Waals surface area contributed by atoms with Crippen LogP contribution in [-0.4, -0.2) is 43.3 Å². The van der Waals surface area contributed by atoms with Crippen molar-refractivity contribution in [3.8, 4) is 0 Å². The Hall–Kier alpha value is -2.00. The molecule has 1 unspecified atom stereocenters. The molecule has 3 aromatic rings. The topological polar surface area (TPSA) is 74.6 Å². The maximum atomic E-state index is 5.70. The predicted octanol–water partition coefficient (Wildman–Crippen LogP) is 3.88. The van der Waals surface area contributed by atoms with Gasteiger partial charge < -0.3 is 24.8 Å². The zero-order chi connectivity index (χ0) is 19.0. The van der Waals surface area contributed by atoms with Crippen molar-refractivity contribution in [3.05, 3.63) is 60.2 Å². The highest BCUT2D eigenvalue weighted by molar-refractivity contribution is 14.0. The molecule has 0 spiro atoms. The molecule has 1 aromatic carbocycles. The molecular weight excluding hydrogens is 479 g/mol. The molecule has 0 radical (unpaired) electrons. The Morgan fingerprint density at radius 1 is 1.10 bits per heavy atom. The first kappa shape index (κ1) is 21.7. The lowest BCUT2D eigenvalue weighted by Crippen LogP contribution is -2.40. The van der Waals surface area contributed by atoms with Crippen LogP contribution in [0.5, 0.6) is 0 Å². The van der Waals surface area contributed by atoms with E-state index >= 15 is 0 Å². The number of hydrogen-bond donors (Lipinski definition) is 3. The SMILES string of the molecule is I.c1coc(CCNC(=NCC2CCCO2)NCCc2c[nH]c3ccccc23)c1. The average Bonchev–Trinajstić information content (AvgIpc) is 3.48. The number of nitrogens with one attached hydrogen (secondary N) is 3. The van der Waals surface area contributed by atoms with Gasteiger partial charge in [0, 0.05) is 43.2 Å². The summed E-state index contributed by atoms with van der Waals surface area (Å²) in [5, 5.41) is 8.17. The smallest absolute Gasteiger partial charge is 0.191 e. The number of rotatable bonds is 8. The Labute approximate surface area is 188 Å². The molecule has 1 fully saturated rings. The van der Waals surface area contributed by atoms with Crippen molar-refractivity contribution in [2.45, 2.75) is 31.8 Å². The first-order valence-electron chi connectivity index (χ1n) is 10.1. The summed E-state index contributed by atoms with van der Waals surface area (Å²) in [5.74, 6) is 1.81. The number of ether oxygens (including phenoxy) is 1. The van der Waals surface area contributed by atoms with Gasteiger partial charge in [0.2, 0.25) is 0 Å². The van der Waals surface area contributed by atoms with E-state index in [1.165, 1.54) is 16.5 Å². The molecule has 1 atom stereocenters. The fourth-order valence-electron chi connectivity index (χ4n) is 3.57. The Morgan fingerprint density at radius 3 is 2.76 bits per heavy atom. The fraction of sp³-hybridized carbons (Fsp3) is 0.409. The second-order valence-electron chi connectivity index (χ2n) is 7.12. The zero-order valence-corrected chi connectivity index (χ0v) is 18.9. The van der Waals surface area contributed by atoms with E-state index in [-0.39, 0.29) is 30.1 Å². The number of para-hydroxylation sites is 1. The van der Waals surface area contributed by atoms with Gasteiger partial charge in [-0.3, -0.25) is 4.99 Å². The van der Waals surface area contributed by atoms with Crippen LogP contribution in [0.4, 0.5) is 0 Å². The molecule has 1 aliphatic heterocycles. The summed E-state index contributed by atoms with van der Waals surface area (Å²) >= 11 is 0. The van der Waals surface area contributed by atoms with Gasteiger partial charge in [0.1, 0.15) is 5.76 Å². The number of benzene rings is 1. The molecule has 3 heterocycles. The van der Waals surface area contributed by atoms with Gasteiger partial charge in [0.25, 0.3) is 0 Å². The van der Waals surface area contributed by atoms with Gasteiger partial charge in [-0.05, 0) is 43.0 Å². The maximum Gasteiger partial charge on any atom is 0.191 e. The summed E-state index contributed by atoms with van der Waals surface area (Å²) in [6.07, 6.45) is 8.05. The van der Waals surface area contributed by atoms with Gasteiger partial charge >= 0.3 is 0 Å². The number of hydrogen-bond acceptors (Lipinski definition) is 3. The van der Waals surface area contributed by atoms with E-state index in [0.717, 1.165) is 57.1 Å². The van der Waals surface area contributed by atoms with Crippen molar-refractivity contribution in [1.82, 2.24) is 15.6 Å². The van der Waals surface area contributed by atoms with Crippen molar-refractivity contribution in [2.24, 2.45) is 4.99 Å². The second-order valence-corrected chi connectivity index (χ2v) is 7.12. The molecule has 1 aliphatic rings. The fourth-order valence-corrected chi connectivity index (χ4v) is 3.57. The van der Waals surface area contributed by atoms with E-state index in [1.807, 2.05) is 12.1 Å². The summed E-state index contributed by atoms with van der Waals surface area (Å²) in [4.78, 5) is 8.07. The number of aliphatic imine (C=N–C) groups is 1. The van der Waals surface area contributed by atoms with E-state index in [2.05, 4.69) is 46.1 Å². The summed E-state index contributed by atoms with van der Waals surface area (Å²) in [6.45, 7) is 3.15. The van der Waals surface area contributed by atoms with Crippen LogP contribution in [0.1, 0.15) is 24.2 Å². The van der Waals surface area contributed by atoms with Crippen LogP contribution < -0.4 is 10.6 Å². The van der Waals surface area contributed by atoms with Crippen molar-refractivity contribution in [2.75, 3.05) is 26.2 Å². The molecule has 7 heteroatoms. The van der Waals surface area contributed by atoms with Gasteiger partial charge in [-0.1, -0.05) is 18.2 Å². The van der Waals surface area contributed by atoms with Gasteiger partial charge in [0.15, 0.2) is 5.96 Å². The highest BCUT2D eigenvalue weighted by Crippen LogP contribution is 2.17. The molecule has 0 aliphatic carbocycles. The highest BCUT2D eigenvalue weighted by atomic mass is 127. The van der Waals surface area contributed by atoms with E-state index in [9.17, 15) is 0 Å². The number of H-pyrrole nitrogens is 1. The first-order chi connectivity index (χ1) is 13.9. The third-order valence-electron chi connectivity index (χ3n) is 5.08. The number of halogens is 1. The molecule has 2 aromatic heterocycles. The van der Waals surface area contributed by atoms with Crippen LogP contribution in [-0.2, 0) is 17.6 Å². The van der Waals surface area contributed by atoms with E-state index in [1.54, 1.807) is 6.26 Å². The lowest BCUT2D eigenvalue weighted by atomic mass is 10.1. The molecule has 0 amide bonds. The number of guanidine groups is 1. The third-order valence-corrected chi connectivity index (χ3v) is 5.08. The Balaban J connectivity index is 0.00000240. The van der Waals surface area contributed by atoms with E-state index in [0.29, 0.717) is 6.54 Å². The normalized spacial score (nSPS) is 16.7. The Morgan fingerprint density at radius 2 is 1.97 bits per heavy atom. The molecule has 6 nitrogen and oxygen atoms in total. The van der Waals surface area contributed by atoms with Gasteiger partial charge in [0.05, 0.1) is 18.9 Å². The average molecular weight is 508 g/mol. The van der Waals surface area contributed by atoms with Crippen LogP contribution in [0.25, 0.3) is 10.9 Å². The Bertz CT molecular complexity index is 885. The molecule has 4 rings (SSSR count). The minimum Gasteiger partial charge on any atom is -0.469 e. The number of aromatic nitrogens is 1. The standard InChI is InChI=1S/C22H28N4O2.HI/c1-2-8-21-20(7-1)17(15-25-21)9-11-23-22(26-16-19-6-4-14-28-19)24-12-10-18-5-3-13-27-18;/h1-3,5,7-8,13,15,19,25H,4,6,9-12,14,16H2,(H2,23,24,26);1H.